The summed E-state index contributed by atoms with van der Waals surface area (Å²) in [5.41, 5.74) is 0. The summed E-state index contributed by atoms with van der Waals surface area (Å²) in [4.78, 5) is 0. The van der Waals surface area contributed by atoms with Crippen molar-refractivity contribution in [2.45, 2.75) is 0 Å². The van der Waals surface area contributed by atoms with Crippen LogP contribution in [-0.2, 0) is 32.8 Å². The van der Waals surface area contributed by atoms with Crippen molar-refractivity contribution >= 4 is 0 Å². The van der Waals surface area contributed by atoms with Gasteiger partial charge in [-0.25, -0.2) is 0 Å². The average Bonchev–Trinajstić information content (AvgIpc) is 1.94. The molecule has 9 heavy (non-hydrogen) atoms. The molecule has 0 unspecified atom stereocenters. The fourth-order valence-corrected chi connectivity index (χ4v) is 0.629. The van der Waals surface area contributed by atoms with Gasteiger partial charge in [-0.3, -0.25) is 0 Å². The van der Waals surface area contributed by atoms with Crippen LogP contribution in [0.4, 0.5) is 0 Å². The first kappa shape index (κ1) is 9.05. The number of hydrogen-bond acceptors (Lipinski definition) is 1. The quantitative estimate of drug-likeness (QED) is 0.585. The zero-order chi connectivity index (χ0) is 5.82. The van der Waals surface area contributed by atoms with Crippen LogP contribution in [0.2, 0.25) is 0 Å². The molecule has 1 aliphatic rings. The van der Waals surface area contributed by atoms with E-state index in [1.807, 2.05) is 30.5 Å². The maximum atomic E-state index is 3.70. The number of allylic oxidation sites excluding steroid dienone is 4. The van der Waals surface area contributed by atoms with Crippen molar-refractivity contribution in [3.63, 3.8) is 0 Å². The van der Waals surface area contributed by atoms with Crippen LogP contribution in [0.3, 0.4) is 0 Å². The van der Waals surface area contributed by atoms with Gasteiger partial charge in [-0.15, -0.1) is 0 Å². The molecule has 52 valence electrons. The second-order valence-electron chi connectivity index (χ2n) is 1.39. The minimum atomic E-state index is 0. The predicted octanol–water partition coefficient (Wildman–Crippen LogP) is 1.05. The second kappa shape index (κ2) is 4.88. The van der Waals surface area contributed by atoms with E-state index >= 15 is 0 Å². The fourth-order valence-electron chi connectivity index (χ4n) is 0.431. The fraction of sp³-hybridized carbons (Fsp3) is 0. The molecular formula is C6H6CoFeN. The van der Waals surface area contributed by atoms with Crippen LogP contribution in [0.5, 0.6) is 0 Å². The molecule has 0 spiro atoms. The van der Waals surface area contributed by atoms with Crippen molar-refractivity contribution in [1.29, 1.82) is 0 Å². The molecule has 0 saturated heterocycles. The van der Waals surface area contributed by atoms with E-state index in [0.717, 1.165) is 4.60 Å². The van der Waals surface area contributed by atoms with Crippen molar-refractivity contribution in [1.82, 2.24) is 5.32 Å². The van der Waals surface area contributed by atoms with Crippen LogP contribution in [0.1, 0.15) is 0 Å². The van der Waals surface area contributed by atoms with E-state index in [-0.39, 0.29) is 16.8 Å². The van der Waals surface area contributed by atoms with Gasteiger partial charge in [0.15, 0.2) is 0 Å². The van der Waals surface area contributed by atoms with E-state index in [9.17, 15) is 0 Å². The molecule has 0 aromatic rings. The summed E-state index contributed by atoms with van der Waals surface area (Å²) in [6, 6.07) is 0. The normalized spacial score (nSPS) is 15.0. The van der Waals surface area contributed by atoms with Gasteiger partial charge < -0.3 is 0 Å². The monoisotopic (exact) mass is 207 g/mol. The average molecular weight is 207 g/mol. The summed E-state index contributed by atoms with van der Waals surface area (Å²) in [6.07, 6.45) is 9.58. The van der Waals surface area contributed by atoms with Crippen LogP contribution in [-0.4, -0.2) is 0 Å². The van der Waals surface area contributed by atoms with Gasteiger partial charge in [0.2, 0.25) is 0 Å². The minimum absolute atomic E-state index is 0. The number of hydrogen-bond donors (Lipinski definition) is 1. The summed E-state index contributed by atoms with van der Waals surface area (Å²) < 4.78 is 0.926. The molecule has 0 bridgehead atoms. The topological polar surface area (TPSA) is 12.0 Å². The molecule has 1 rings (SSSR count). The predicted molar refractivity (Wildman–Crippen MR) is 29.5 cm³/mol. The molecule has 1 nitrogen and oxygen atoms in total. The van der Waals surface area contributed by atoms with Crippen molar-refractivity contribution in [2.24, 2.45) is 0 Å². The molecule has 1 aliphatic heterocycles. The van der Waals surface area contributed by atoms with Crippen LogP contribution in [0.25, 0.3) is 0 Å². The molecular weight excluding hydrogens is 201 g/mol. The van der Waals surface area contributed by atoms with E-state index in [1.165, 1.54) is 0 Å². The first-order valence-electron chi connectivity index (χ1n) is 2.34. The molecule has 0 aliphatic carbocycles. The Morgan fingerprint density at radius 1 is 1.22 bits per heavy atom. The molecule has 3 heteroatoms. The Hall–Kier alpha value is 0.0460. The van der Waals surface area contributed by atoms with Crippen molar-refractivity contribution in [3.05, 3.63) is 35.1 Å². The van der Waals surface area contributed by atoms with Crippen molar-refractivity contribution in [3.8, 4) is 0 Å². The molecule has 0 aromatic heterocycles. The number of rotatable bonds is 0. The third-order valence-corrected chi connectivity index (χ3v) is 1.12. The zero-order valence-corrected chi connectivity index (χ0v) is 6.72. The van der Waals surface area contributed by atoms with Gasteiger partial charge >= 0.3 is 56.4 Å². The molecule has 0 saturated carbocycles. The molecule has 0 aromatic carbocycles. The molecule has 1 heterocycles. The van der Waals surface area contributed by atoms with Crippen LogP contribution < -0.4 is 5.32 Å². The van der Waals surface area contributed by atoms with Crippen molar-refractivity contribution < 1.29 is 32.8 Å². The van der Waals surface area contributed by atoms with Crippen LogP contribution in [0, 0.1) is 0 Å². The Bertz CT molecular complexity index is 160. The van der Waals surface area contributed by atoms with Gasteiger partial charge in [-0.05, 0) is 0 Å². The molecule has 0 amide bonds. The summed E-state index contributed by atoms with van der Waals surface area (Å²) in [5, 5.41) is 2.95. The van der Waals surface area contributed by atoms with E-state index in [4.69, 9.17) is 0 Å². The zero-order valence-electron chi connectivity index (χ0n) is 4.57. The Kier molecular flexibility index (Phi) is 4.91. The second-order valence-corrected chi connectivity index (χ2v) is 1.98. The molecule has 1 radical (unpaired) electrons. The van der Waals surface area contributed by atoms with E-state index in [2.05, 4.69) is 21.3 Å². The SMILES string of the molecule is [Co].[Fe][C]1=CC=CC=CN1. The first-order chi connectivity index (χ1) is 3.89. The summed E-state index contributed by atoms with van der Waals surface area (Å²) >= 11 is 3.70. The third kappa shape index (κ3) is 3.59. The van der Waals surface area contributed by atoms with E-state index < -0.39 is 0 Å². The molecule has 0 fully saturated rings. The maximum absolute atomic E-state index is 3.70. The standard InChI is InChI=1S/C6H6N.Co.Fe/c1-2-4-6-7-5-3-1;;/h1-5,7H;;. The Labute approximate surface area is 73.3 Å². The van der Waals surface area contributed by atoms with Gasteiger partial charge in [0.1, 0.15) is 0 Å². The number of nitrogens with one attached hydrogen (secondary N) is 1. The van der Waals surface area contributed by atoms with Gasteiger partial charge in [-0.2, -0.15) is 0 Å². The Morgan fingerprint density at radius 3 is 2.78 bits per heavy atom. The van der Waals surface area contributed by atoms with E-state index in [1.54, 1.807) is 0 Å². The Morgan fingerprint density at radius 2 is 2.00 bits per heavy atom. The molecule has 0 atom stereocenters. The first-order valence-corrected chi connectivity index (χ1v) is 2.89. The van der Waals surface area contributed by atoms with Gasteiger partial charge in [0, 0.05) is 16.8 Å². The summed E-state index contributed by atoms with van der Waals surface area (Å²) in [5.74, 6) is 0. The van der Waals surface area contributed by atoms with Crippen LogP contribution in [0.15, 0.2) is 35.1 Å². The summed E-state index contributed by atoms with van der Waals surface area (Å²) in [6.45, 7) is 0. The molecule has 1 N–H and O–H groups in total. The summed E-state index contributed by atoms with van der Waals surface area (Å²) in [7, 11) is 0. The van der Waals surface area contributed by atoms with Gasteiger partial charge in [-0.1, -0.05) is 0 Å². The van der Waals surface area contributed by atoms with E-state index in [0.29, 0.717) is 0 Å². The third-order valence-electron chi connectivity index (χ3n) is 0.775. The Balaban J connectivity index is 0.000000640. The van der Waals surface area contributed by atoms with Crippen LogP contribution >= 0.6 is 0 Å². The van der Waals surface area contributed by atoms with Gasteiger partial charge in [0.25, 0.3) is 0 Å². The van der Waals surface area contributed by atoms with Gasteiger partial charge in [0.05, 0.1) is 0 Å². The van der Waals surface area contributed by atoms with Crippen molar-refractivity contribution in [2.75, 3.05) is 0 Å².